The van der Waals surface area contributed by atoms with Gasteiger partial charge < -0.3 is 15.7 Å². The number of aliphatic carboxylic acids is 1. The Hall–Kier alpha value is -1.56. The smallest absolute Gasteiger partial charge is 0.326 e. The monoisotopic (exact) mass is 328 g/mol. The van der Waals surface area contributed by atoms with Gasteiger partial charge in [0.1, 0.15) is 6.04 Å². The van der Waals surface area contributed by atoms with E-state index in [0.29, 0.717) is 5.69 Å². The maximum Gasteiger partial charge on any atom is 0.326 e. The normalized spacial score (nSPS) is 12.6. The fourth-order valence-electron chi connectivity index (χ4n) is 1.50. The van der Waals surface area contributed by atoms with Gasteiger partial charge in [-0.1, -0.05) is 32.9 Å². The van der Waals surface area contributed by atoms with E-state index >= 15 is 0 Å². The lowest BCUT2D eigenvalue weighted by Crippen LogP contribution is -2.50. The van der Waals surface area contributed by atoms with Crippen molar-refractivity contribution in [2.24, 2.45) is 5.41 Å². The van der Waals surface area contributed by atoms with E-state index in [4.69, 9.17) is 5.11 Å². The SMILES string of the molecule is CC(C)(C)[C@@H](NC(=O)Nc1ccccc1Br)C(=O)O. The van der Waals surface area contributed by atoms with Gasteiger partial charge in [-0.05, 0) is 33.5 Å². The molecule has 0 radical (unpaired) electrons. The lowest BCUT2D eigenvalue weighted by atomic mass is 9.87. The van der Waals surface area contributed by atoms with Gasteiger partial charge in [0.15, 0.2) is 0 Å². The largest absolute Gasteiger partial charge is 0.480 e. The fraction of sp³-hybridized carbons (Fsp3) is 0.385. The molecule has 0 aliphatic carbocycles. The van der Waals surface area contributed by atoms with Gasteiger partial charge in [0.25, 0.3) is 0 Å². The van der Waals surface area contributed by atoms with Crippen LogP contribution < -0.4 is 10.6 Å². The molecule has 0 unspecified atom stereocenters. The molecule has 0 bridgehead atoms. The van der Waals surface area contributed by atoms with Crippen molar-refractivity contribution < 1.29 is 14.7 Å². The number of hydrogen-bond donors (Lipinski definition) is 3. The quantitative estimate of drug-likeness (QED) is 0.797. The fourth-order valence-corrected chi connectivity index (χ4v) is 1.88. The number of rotatable bonds is 3. The molecule has 2 amide bonds. The predicted octanol–water partition coefficient (Wildman–Crippen LogP) is 3.07. The minimum atomic E-state index is -1.06. The second-order valence-electron chi connectivity index (χ2n) is 5.22. The van der Waals surface area contributed by atoms with E-state index in [0.717, 1.165) is 4.47 Å². The van der Waals surface area contributed by atoms with Gasteiger partial charge in [0.05, 0.1) is 5.69 Å². The lowest BCUT2D eigenvalue weighted by Gasteiger charge is -2.27. The zero-order chi connectivity index (χ0) is 14.6. The molecule has 0 heterocycles. The Balaban J connectivity index is 2.75. The summed E-state index contributed by atoms with van der Waals surface area (Å²) in [5.41, 5.74) is 0.00920. The van der Waals surface area contributed by atoms with E-state index in [-0.39, 0.29) is 0 Å². The van der Waals surface area contributed by atoms with Crippen LogP contribution in [0.3, 0.4) is 0 Å². The van der Waals surface area contributed by atoms with E-state index < -0.39 is 23.5 Å². The molecule has 19 heavy (non-hydrogen) atoms. The summed E-state index contributed by atoms with van der Waals surface area (Å²) in [5.74, 6) is -1.06. The summed E-state index contributed by atoms with van der Waals surface area (Å²) >= 11 is 3.30. The highest BCUT2D eigenvalue weighted by molar-refractivity contribution is 9.10. The van der Waals surface area contributed by atoms with E-state index in [1.54, 1.807) is 39.0 Å². The Morgan fingerprint density at radius 2 is 1.84 bits per heavy atom. The Kier molecular flexibility index (Phi) is 4.94. The van der Waals surface area contributed by atoms with Crippen molar-refractivity contribution in [1.82, 2.24) is 5.32 Å². The average molecular weight is 329 g/mol. The Morgan fingerprint density at radius 1 is 1.26 bits per heavy atom. The first-order chi connectivity index (χ1) is 8.71. The predicted molar refractivity (Wildman–Crippen MR) is 77.2 cm³/mol. The first kappa shape index (κ1) is 15.5. The molecule has 0 spiro atoms. The number of amides is 2. The average Bonchev–Trinajstić information content (AvgIpc) is 2.27. The topological polar surface area (TPSA) is 78.4 Å². The molecular formula is C13H17BrN2O3. The second-order valence-corrected chi connectivity index (χ2v) is 6.07. The molecule has 3 N–H and O–H groups in total. The molecule has 5 nitrogen and oxygen atoms in total. The van der Waals surface area contributed by atoms with E-state index in [9.17, 15) is 9.59 Å². The van der Waals surface area contributed by atoms with Gasteiger partial charge in [-0.2, -0.15) is 0 Å². The van der Waals surface area contributed by atoms with Crippen LogP contribution in [-0.2, 0) is 4.79 Å². The highest BCUT2D eigenvalue weighted by Crippen LogP contribution is 2.22. The number of halogens is 1. The molecule has 0 fully saturated rings. The van der Waals surface area contributed by atoms with Crippen molar-refractivity contribution >= 4 is 33.6 Å². The van der Waals surface area contributed by atoms with Crippen LogP contribution in [0.15, 0.2) is 28.7 Å². The highest BCUT2D eigenvalue weighted by atomic mass is 79.9. The van der Waals surface area contributed by atoms with Gasteiger partial charge in [-0.25, -0.2) is 9.59 Å². The number of benzene rings is 1. The van der Waals surface area contributed by atoms with Crippen molar-refractivity contribution in [3.05, 3.63) is 28.7 Å². The van der Waals surface area contributed by atoms with E-state index in [1.165, 1.54) is 0 Å². The van der Waals surface area contributed by atoms with Gasteiger partial charge >= 0.3 is 12.0 Å². The summed E-state index contributed by atoms with van der Waals surface area (Å²) in [6.07, 6.45) is 0. The van der Waals surface area contributed by atoms with Crippen LogP contribution >= 0.6 is 15.9 Å². The first-order valence-electron chi connectivity index (χ1n) is 5.76. The summed E-state index contributed by atoms with van der Waals surface area (Å²) in [4.78, 5) is 23.0. The zero-order valence-electron chi connectivity index (χ0n) is 11.0. The third-order valence-electron chi connectivity index (χ3n) is 2.51. The molecular weight excluding hydrogens is 312 g/mol. The van der Waals surface area contributed by atoms with E-state index in [2.05, 4.69) is 26.6 Å². The van der Waals surface area contributed by atoms with Gasteiger partial charge in [-0.3, -0.25) is 0 Å². The molecule has 6 heteroatoms. The third-order valence-corrected chi connectivity index (χ3v) is 3.20. The Morgan fingerprint density at radius 3 is 2.32 bits per heavy atom. The van der Waals surface area contributed by atoms with Crippen LogP contribution in [0.5, 0.6) is 0 Å². The van der Waals surface area contributed by atoms with Crippen LogP contribution in [0.1, 0.15) is 20.8 Å². The van der Waals surface area contributed by atoms with Gasteiger partial charge in [0, 0.05) is 4.47 Å². The molecule has 0 saturated carbocycles. The zero-order valence-corrected chi connectivity index (χ0v) is 12.6. The molecule has 1 atom stereocenters. The highest BCUT2D eigenvalue weighted by Gasteiger charge is 2.32. The number of carbonyl (C=O) groups excluding carboxylic acids is 1. The second kappa shape index (κ2) is 6.06. The number of para-hydroxylation sites is 1. The lowest BCUT2D eigenvalue weighted by molar-refractivity contribution is -0.141. The number of carboxylic acid groups (broad SMARTS) is 1. The molecule has 0 aliphatic heterocycles. The molecule has 0 saturated heterocycles. The van der Waals surface area contributed by atoms with Crippen LogP contribution in [0.4, 0.5) is 10.5 Å². The summed E-state index contributed by atoms with van der Waals surface area (Å²) in [7, 11) is 0. The number of urea groups is 1. The Bertz CT molecular complexity index is 483. The standard InChI is InChI=1S/C13H17BrN2O3/c1-13(2,3)10(11(17)18)16-12(19)15-9-7-5-4-6-8(9)14/h4-7,10H,1-3H3,(H,17,18)(H2,15,16,19)/t10-/m0/s1. The minimum Gasteiger partial charge on any atom is -0.480 e. The molecule has 1 aromatic carbocycles. The Labute approximate surface area is 120 Å². The van der Waals surface area contributed by atoms with Crippen LogP contribution in [0.2, 0.25) is 0 Å². The minimum absolute atomic E-state index is 0.547. The number of anilines is 1. The third kappa shape index (κ3) is 4.55. The molecule has 1 rings (SSSR count). The summed E-state index contributed by atoms with van der Waals surface area (Å²) in [6, 6.07) is 5.59. The maximum absolute atomic E-state index is 11.8. The van der Waals surface area contributed by atoms with Gasteiger partial charge in [0.2, 0.25) is 0 Å². The van der Waals surface area contributed by atoms with Crippen LogP contribution in [0, 0.1) is 5.41 Å². The van der Waals surface area contributed by atoms with Crippen molar-refractivity contribution in [3.63, 3.8) is 0 Å². The molecule has 1 aromatic rings. The van der Waals surface area contributed by atoms with E-state index in [1.807, 2.05) is 6.07 Å². The number of nitrogens with one attached hydrogen (secondary N) is 2. The number of hydrogen-bond acceptors (Lipinski definition) is 2. The summed E-state index contributed by atoms with van der Waals surface area (Å²) < 4.78 is 0.729. The van der Waals surface area contributed by atoms with Gasteiger partial charge in [-0.15, -0.1) is 0 Å². The van der Waals surface area contributed by atoms with Crippen molar-refractivity contribution in [2.45, 2.75) is 26.8 Å². The first-order valence-corrected chi connectivity index (χ1v) is 6.56. The van der Waals surface area contributed by atoms with Crippen LogP contribution in [-0.4, -0.2) is 23.1 Å². The molecule has 0 aromatic heterocycles. The van der Waals surface area contributed by atoms with Crippen molar-refractivity contribution in [3.8, 4) is 0 Å². The number of carbonyl (C=O) groups is 2. The maximum atomic E-state index is 11.8. The van der Waals surface area contributed by atoms with Crippen molar-refractivity contribution in [2.75, 3.05) is 5.32 Å². The molecule has 104 valence electrons. The summed E-state index contributed by atoms with van der Waals surface area (Å²) in [5, 5.41) is 14.2. The molecule has 0 aliphatic rings. The van der Waals surface area contributed by atoms with Crippen molar-refractivity contribution in [1.29, 1.82) is 0 Å². The van der Waals surface area contributed by atoms with Crippen LogP contribution in [0.25, 0.3) is 0 Å². The summed E-state index contributed by atoms with van der Waals surface area (Å²) in [6.45, 7) is 5.26. The number of carboxylic acids is 1.